The van der Waals surface area contributed by atoms with E-state index in [1.165, 1.54) is 24.4 Å². The van der Waals surface area contributed by atoms with Gasteiger partial charge < -0.3 is 10.1 Å². The number of carbonyl (C=O) groups is 2. The molecule has 0 fully saturated rings. The number of benzene rings is 2. The molecule has 7 nitrogen and oxygen atoms in total. The van der Waals surface area contributed by atoms with Gasteiger partial charge in [-0.15, -0.1) is 0 Å². The zero-order valence-electron chi connectivity index (χ0n) is 17.1. The summed E-state index contributed by atoms with van der Waals surface area (Å²) in [5.41, 5.74) is 1.05. The number of nitriles is 1. The van der Waals surface area contributed by atoms with Gasteiger partial charge in [0.2, 0.25) is 5.88 Å². The highest BCUT2D eigenvalue weighted by atomic mass is 35.5. The summed E-state index contributed by atoms with van der Waals surface area (Å²) in [5, 5.41) is 13.6. The van der Waals surface area contributed by atoms with Gasteiger partial charge in [-0.25, -0.2) is 14.2 Å². The molecular weight excluding hydrogens is 494 g/mol. The van der Waals surface area contributed by atoms with E-state index in [2.05, 4.69) is 10.3 Å². The first-order valence-electron chi connectivity index (χ1n) is 9.22. The zero-order chi connectivity index (χ0) is 24.3. The second kappa shape index (κ2) is 10.0. The van der Waals surface area contributed by atoms with Crippen LogP contribution in [0, 0.1) is 31.0 Å². The normalized spacial score (nSPS) is 10.3. The maximum Gasteiger partial charge on any atom is 0.326 e. The molecule has 2 N–H and O–H groups in total. The van der Waals surface area contributed by atoms with E-state index in [1.54, 1.807) is 19.9 Å². The number of carbonyl (C=O) groups excluding carboxylic acids is 2. The highest BCUT2D eigenvalue weighted by Gasteiger charge is 2.21. The van der Waals surface area contributed by atoms with Crippen molar-refractivity contribution in [3.63, 3.8) is 0 Å². The third-order valence-electron chi connectivity index (χ3n) is 4.45. The Morgan fingerprint density at radius 2 is 1.88 bits per heavy atom. The van der Waals surface area contributed by atoms with Crippen LogP contribution in [-0.4, -0.2) is 16.9 Å². The van der Waals surface area contributed by atoms with Crippen LogP contribution < -0.4 is 15.4 Å². The summed E-state index contributed by atoms with van der Waals surface area (Å²) in [4.78, 5) is 28.6. The Hall–Kier alpha value is -3.38. The molecule has 0 aliphatic heterocycles. The van der Waals surface area contributed by atoms with Crippen molar-refractivity contribution in [3.05, 3.63) is 79.7 Å². The lowest BCUT2D eigenvalue weighted by molar-refractivity contribution is 0.0963. The van der Waals surface area contributed by atoms with Crippen LogP contribution in [0.2, 0.25) is 15.1 Å². The minimum absolute atomic E-state index is 0.0471. The van der Waals surface area contributed by atoms with E-state index in [0.29, 0.717) is 11.1 Å². The van der Waals surface area contributed by atoms with Crippen molar-refractivity contribution in [2.75, 3.05) is 5.32 Å². The van der Waals surface area contributed by atoms with Gasteiger partial charge in [-0.2, -0.15) is 5.26 Å². The lowest BCUT2D eigenvalue weighted by Crippen LogP contribution is -2.35. The summed E-state index contributed by atoms with van der Waals surface area (Å²) < 4.78 is 19.6. The largest absolute Gasteiger partial charge is 0.436 e. The molecule has 0 saturated heterocycles. The van der Waals surface area contributed by atoms with Crippen molar-refractivity contribution < 1.29 is 18.7 Å². The molecule has 33 heavy (non-hydrogen) atoms. The average Bonchev–Trinajstić information content (AvgIpc) is 2.75. The molecule has 0 bridgehead atoms. The van der Waals surface area contributed by atoms with E-state index in [9.17, 15) is 14.0 Å². The molecule has 3 amide bonds. The number of rotatable bonds is 4. The third-order valence-corrected chi connectivity index (χ3v) is 5.49. The Balaban J connectivity index is 1.81. The quantitative estimate of drug-likeness (QED) is 0.424. The number of imide groups is 1. The number of urea groups is 1. The number of ether oxygens (including phenoxy) is 1. The number of hydrogen-bond acceptors (Lipinski definition) is 5. The second-order valence-electron chi connectivity index (χ2n) is 6.74. The Bertz CT molecular complexity index is 1300. The molecule has 0 radical (unpaired) electrons. The molecular formula is C22H14Cl3FN4O3. The molecule has 3 aromatic rings. The van der Waals surface area contributed by atoms with Gasteiger partial charge in [-0.05, 0) is 49.2 Å². The SMILES string of the molecule is Cc1cc(NC(=O)NC(=O)c2c(F)cccc2Cl)c(C)c(Cl)c1Oc1ncc(C#N)cc1Cl. The van der Waals surface area contributed by atoms with Crippen molar-refractivity contribution in [1.29, 1.82) is 5.26 Å². The summed E-state index contributed by atoms with van der Waals surface area (Å²) in [6, 6.07) is 7.70. The van der Waals surface area contributed by atoms with Crippen LogP contribution in [0.1, 0.15) is 27.0 Å². The van der Waals surface area contributed by atoms with Crippen molar-refractivity contribution in [3.8, 4) is 17.7 Å². The first-order chi connectivity index (χ1) is 15.6. The Kier molecular flexibility index (Phi) is 7.39. The number of anilines is 1. The van der Waals surface area contributed by atoms with Crippen LogP contribution in [0.3, 0.4) is 0 Å². The molecule has 0 unspecified atom stereocenters. The Morgan fingerprint density at radius 3 is 2.52 bits per heavy atom. The van der Waals surface area contributed by atoms with Gasteiger partial charge in [-0.1, -0.05) is 40.9 Å². The molecule has 2 aromatic carbocycles. The second-order valence-corrected chi connectivity index (χ2v) is 7.93. The van der Waals surface area contributed by atoms with E-state index in [1.807, 2.05) is 11.4 Å². The highest BCUT2D eigenvalue weighted by molar-refractivity contribution is 6.34. The number of nitrogens with zero attached hydrogens (tertiary/aromatic N) is 2. The number of aryl methyl sites for hydroxylation is 1. The molecule has 0 aliphatic carbocycles. The fourth-order valence-electron chi connectivity index (χ4n) is 2.80. The van der Waals surface area contributed by atoms with Crippen molar-refractivity contribution in [2.45, 2.75) is 13.8 Å². The van der Waals surface area contributed by atoms with E-state index in [0.717, 1.165) is 6.07 Å². The van der Waals surface area contributed by atoms with Crippen LogP contribution in [-0.2, 0) is 0 Å². The van der Waals surface area contributed by atoms with Crippen LogP contribution >= 0.6 is 34.8 Å². The fraction of sp³-hybridized carbons (Fsp3) is 0.0909. The summed E-state index contributed by atoms with van der Waals surface area (Å²) in [6.45, 7) is 3.29. The molecule has 168 valence electrons. The van der Waals surface area contributed by atoms with E-state index < -0.39 is 23.3 Å². The molecule has 11 heteroatoms. The number of aromatic nitrogens is 1. The topological polar surface area (TPSA) is 104 Å². The maximum atomic E-state index is 13.9. The van der Waals surface area contributed by atoms with Crippen molar-refractivity contribution in [1.82, 2.24) is 10.3 Å². The highest BCUT2D eigenvalue weighted by Crippen LogP contribution is 2.40. The van der Waals surface area contributed by atoms with Gasteiger partial charge in [-0.3, -0.25) is 10.1 Å². The summed E-state index contributed by atoms with van der Waals surface area (Å²) in [7, 11) is 0. The Morgan fingerprint density at radius 1 is 1.15 bits per heavy atom. The lowest BCUT2D eigenvalue weighted by Gasteiger charge is -2.17. The minimum atomic E-state index is -1.00. The van der Waals surface area contributed by atoms with E-state index in [-0.39, 0.29) is 37.9 Å². The van der Waals surface area contributed by atoms with E-state index >= 15 is 0 Å². The molecule has 3 rings (SSSR count). The maximum absolute atomic E-state index is 13.9. The standard InChI is InChI=1S/C22H14Cl3FN4O3/c1-10-6-16(29-22(32)30-20(31)17-13(23)4-3-5-15(17)26)11(2)18(25)19(10)33-21-14(24)7-12(8-27)9-28-21/h3-7,9H,1-2H3,(H2,29,30,31,32). The number of halogens is 4. The molecule has 0 aliphatic rings. The Labute approximate surface area is 203 Å². The number of pyridine rings is 1. The van der Waals surface area contributed by atoms with Gasteiger partial charge in [0.05, 0.1) is 21.2 Å². The van der Waals surface area contributed by atoms with Gasteiger partial charge >= 0.3 is 6.03 Å². The summed E-state index contributed by atoms with van der Waals surface area (Å²) in [6.07, 6.45) is 1.30. The molecule has 0 saturated carbocycles. The van der Waals surface area contributed by atoms with Gasteiger partial charge in [0.1, 0.15) is 16.9 Å². The summed E-state index contributed by atoms with van der Waals surface area (Å²) >= 11 is 18.4. The lowest BCUT2D eigenvalue weighted by atomic mass is 10.1. The minimum Gasteiger partial charge on any atom is -0.436 e. The summed E-state index contributed by atoms with van der Waals surface area (Å²) in [5.74, 6) is -1.57. The van der Waals surface area contributed by atoms with Gasteiger partial charge in [0.15, 0.2) is 5.75 Å². The van der Waals surface area contributed by atoms with E-state index in [4.69, 9.17) is 44.8 Å². The first kappa shape index (κ1) is 24.3. The zero-order valence-corrected chi connectivity index (χ0v) is 19.4. The van der Waals surface area contributed by atoms with Crippen molar-refractivity contribution in [2.24, 2.45) is 0 Å². The third kappa shape index (κ3) is 5.34. The molecule has 1 aromatic heterocycles. The predicted octanol–water partition coefficient (Wildman–Crippen LogP) is 6.42. The smallest absolute Gasteiger partial charge is 0.326 e. The monoisotopic (exact) mass is 506 g/mol. The molecule has 0 spiro atoms. The van der Waals surface area contributed by atoms with Crippen LogP contribution in [0.15, 0.2) is 36.5 Å². The molecule has 1 heterocycles. The van der Waals surface area contributed by atoms with Gasteiger partial charge in [0.25, 0.3) is 5.91 Å². The average molecular weight is 508 g/mol. The number of nitrogens with one attached hydrogen (secondary N) is 2. The first-order valence-corrected chi connectivity index (χ1v) is 10.3. The number of hydrogen-bond donors (Lipinski definition) is 2. The van der Waals surface area contributed by atoms with Crippen molar-refractivity contribution >= 4 is 52.4 Å². The fourth-order valence-corrected chi connectivity index (χ4v) is 3.54. The molecule has 0 atom stereocenters. The van der Waals surface area contributed by atoms with Crippen LogP contribution in [0.4, 0.5) is 14.9 Å². The number of amides is 3. The van der Waals surface area contributed by atoms with Crippen LogP contribution in [0.5, 0.6) is 11.6 Å². The predicted molar refractivity (Wildman–Crippen MR) is 123 cm³/mol. The van der Waals surface area contributed by atoms with Gasteiger partial charge in [0, 0.05) is 11.9 Å². The van der Waals surface area contributed by atoms with Crippen LogP contribution in [0.25, 0.3) is 0 Å².